The second kappa shape index (κ2) is 6.08. The second-order valence-electron chi connectivity index (χ2n) is 4.66. The number of sulfonamides is 2. The highest BCUT2D eigenvalue weighted by Gasteiger charge is 2.20. The fourth-order valence-electron chi connectivity index (χ4n) is 1.83. The Balaban J connectivity index is 2.44. The van der Waals surface area contributed by atoms with Gasteiger partial charge in [-0.2, -0.15) is 0 Å². The molecule has 0 heterocycles. The molecule has 0 fully saturated rings. The maximum atomic E-state index is 13.9. The SMILES string of the molecule is Cc1c(Cl)cccc1S(=O)(=O)Nc1ccc(S(N)(=O)=O)cc1F. The molecule has 0 aliphatic heterocycles. The first-order valence-corrected chi connectivity index (χ1v) is 9.53. The maximum absolute atomic E-state index is 13.9. The monoisotopic (exact) mass is 378 g/mol. The molecule has 0 bridgehead atoms. The van der Waals surface area contributed by atoms with Gasteiger partial charge in [0.1, 0.15) is 5.82 Å². The standard InChI is InChI=1S/C13H12ClFN2O4S2/c1-8-10(14)3-2-4-13(8)23(20,21)17-12-6-5-9(7-11(12)15)22(16,18)19/h2-7,17H,1H3,(H2,16,18,19). The van der Waals surface area contributed by atoms with Crippen LogP contribution in [0.4, 0.5) is 10.1 Å². The summed E-state index contributed by atoms with van der Waals surface area (Å²) in [5, 5.41) is 5.13. The number of nitrogens with one attached hydrogen (secondary N) is 1. The highest BCUT2D eigenvalue weighted by atomic mass is 35.5. The van der Waals surface area contributed by atoms with Crippen molar-refractivity contribution in [1.29, 1.82) is 0 Å². The lowest BCUT2D eigenvalue weighted by molar-refractivity contribution is 0.592. The summed E-state index contributed by atoms with van der Waals surface area (Å²) in [7, 11) is -8.18. The van der Waals surface area contributed by atoms with Gasteiger partial charge in [-0.25, -0.2) is 26.4 Å². The van der Waals surface area contributed by atoms with Gasteiger partial charge in [0.2, 0.25) is 10.0 Å². The minimum Gasteiger partial charge on any atom is -0.277 e. The van der Waals surface area contributed by atoms with Crippen LogP contribution < -0.4 is 9.86 Å². The van der Waals surface area contributed by atoms with Crippen LogP contribution in [0.1, 0.15) is 5.56 Å². The van der Waals surface area contributed by atoms with E-state index in [1.807, 2.05) is 0 Å². The van der Waals surface area contributed by atoms with Gasteiger partial charge in [-0.1, -0.05) is 17.7 Å². The lowest BCUT2D eigenvalue weighted by Crippen LogP contribution is -2.16. The molecule has 0 unspecified atom stereocenters. The van der Waals surface area contributed by atoms with Gasteiger partial charge in [0.15, 0.2) is 0 Å². The van der Waals surface area contributed by atoms with Crippen molar-refractivity contribution in [1.82, 2.24) is 0 Å². The molecule has 0 spiro atoms. The van der Waals surface area contributed by atoms with Crippen LogP contribution in [0.25, 0.3) is 0 Å². The molecule has 0 aromatic heterocycles. The summed E-state index contributed by atoms with van der Waals surface area (Å²) < 4.78 is 62.9. The smallest absolute Gasteiger partial charge is 0.262 e. The Morgan fingerprint density at radius 2 is 1.78 bits per heavy atom. The summed E-state index contributed by atoms with van der Waals surface area (Å²) in [5.41, 5.74) is -0.0972. The number of hydrogen-bond donors (Lipinski definition) is 2. The van der Waals surface area contributed by atoms with E-state index in [2.05, 4.69) is 4.72 Å². The van der Waals surface area contributed by atoms with Gasteiger partial charge in [0.25, 0.3) is 10.0 Å². The summed E-state index contributed by atoms with van der Waals surface area (Å²) in [4.78, 5) is -0.572. The number of anilines is 1. The summed E-state index contributed by atoms with van der Waals surface area (Å²) in [6, 6.07) is 6.91. The molecule has 10 heteroatoms. The van der Waals surface area contributed by atoms with Crippen molar-refractivity contribution in [3.63, 3.8) is 0 Å². The molecule has 0 saturated heterocycles. The van der Waals surface area contributed by atoms with Gasteiger partial charge >= 0.3 is 0 Å². The topological polar surface area (TPSA) is 106 Å². The molecule has 3 N–H and O–H groups in total. The highest BCUT2D eigenvalue weighted by molar-refractivity contribution is 7.92. The molecule has 0 amide bonds. The van der Waals surface area contributed by atoms with Crippen molar-refractivity contribution in [2.24, 2.45) is 5.14 Å². The van der Waals surface area contributed by atoms with Gasteiger partial charge in [-0.15, -0.1) is 0 Å². The zero-order chi connectivity index (χ0) is 17.4. The summed E-state index contributed by atoms with van der Waals surface area (Å²) in [5.74, 6) is -1.07. The normalized spacial score (nSPS) is 12.2. The molecule has 0 aliphatic carbocycles. The van der Waals surface area contributed by atoms with Crippen LogP contribution in [0.15, 0.2) is 46.2 Å². The number of nitrogens with two attached hydrogens (primary N) is 1. The van der Waals surface area contributed by atoms with Crippen molar-refractivity contribution in [3.05, 3.63) is 52.8 Å². The van der Waals surface area contributed by atoms with Crippen LogP contribution in [0.3, 0.4) is 0 Å². The Hall–Kier alpha value is -1.68. The molecule has 0 aliphatic rings. The molecule has 0 saturated carbocycles. The van der Waals surface area contributed by atoms with Crippen LogP contribution in [-0.2, 0) is 20.0 Å². The first-order valence-electron chi connectivity index (χ1n) is 6.12. The minimum atomic E-state index is -4.09. The highest BCUT2D eigenvalue weighted by Crippen LogP contribution is 2.26. The van der Waals surface area contributed by atoms with E-state index in [1.165, 1.54) is 25.1 Å². The zero-order valence-electron chi connectivity index (χ0n) is 11.7. The minimum absolute atomic E-state index is 0.111. The van der Waals surface area contributed by atoms with Crippen molar-refractivity contribution in [2.75, 3.05) is 4.72 Å². The van der Waals surface area contributed by atoms with Crippen molar-refractivity contribution < 1.29 is 21.2 Å². The van der Waals surface area contributed by atoms with E-state index in [-0.39, 0.29) is 9.92 Å². The van der Waals surface area contributed by atoms with E-state index in [9.17, 15) is 21.2 Å². The van der Waals surface area contributed by atoms with Crippen LogP contribution in [0.5, 0.6) is 0 Å². The van der Waals surface area contributed by atoms with E-state index in [0.29, 0.717) is 11.6 Å². The quantitative estimate of drug-likeness (QED) is 0.850. The van der Waals surface area contributed by atoms with Gasteiger partial charge in [0, 0.05) is 5.02 Å². The van der Waals surface area contributed by atoms with Crippen LogP contribution in [0.2, 0.25) is 5.02 Å². The predicted octanol–water partition coefficient (Wildman–Crippen LogP) is 2.24. The molecule has 2 rings (SSSR count). The van der Waals surface area contributed by atoms with E-state index in [0.717, 1.165) is 12.1 Å². The largest absolute Gasteiger partial charge is 0.277 e. The number of rotatable bonds is 4. The molecular weight excluding hydrogens is 367 g/mol. The molecule has 6 nitrogen and oxygen atoms in total. The summed E-state index contributed by atoms with van der Waals surface area (Å²) in [6.45, 7) is 1.51. The number of primary sulfonamides is 1. The lowest BCUT2D eigenvalue weighted by Gasteiger charge is -2.12. The number of halogens is 2. The molecule has 23 heavy (non-hydrogen) atoms. The fraction of sp³-hybridized carbons (Fsp3) is 0.0769. The molecular formula is C13H12ClFN2O4S2. The Morgan fingerprint density at radius 3 is 2.35 bits per heavy atom. The Bertz CT molecular complexity index is 975. The average Bonchev–Trinajstić information content (AvgIpc) is 2.42. The van der Waals surface area contributed by atoms with E-state index < -0.39 is 36.4 Å². The Labute approximate surface area is 138 Å². The molecule has 0 radical (unpaired) electrons. The molecule has 0 atom stereocenters. The first kappa shape index (κ1) is 17.7. The summed E-state index contributed by atoms with van der Waals surface area (Å²) in [6.07, 6.45) is 0. The van der Waals surface area contributed by atoms with E-state index in [4.69, 9.17) is 16.7 Å². The molecule has 124 valence electrons. The average molecular weight is 379 g/mol. The van der Waals surface area contributed by atoms with E-state index in [1.54, 1.807) is 0 Å². The van der Waals surface area contributed by atoms with Crippen molar-refractivity contribution >= 4 is 37.3 Å². The zero-order valence-corrected chi connectivity index (χ0v) is 14.1. The summed E-state index contributed by atoms with van der Waals surface area (Å²) >= 11 is 5.88. The third-order valence-electron chi connectivity index (χ3n) is 3.02. The van der Waals surface area contributed by atoms with E-state index >= 15 is 0 Å². The third kappa shape index (κ3) is 3.81. The lowest BCUT2D eigenvalue weighted by atomic mass is 10.2. The Kier molecular flexibility index (Phi) is 4.67. The second-order valence-corrected chi connectivity index (χ2v) is 8.27. The van der Waals surface area contributed by atoms with Gasteiger partial charge in [0.05, 0.1) is 15.5 Å². The number of benzene rings is 2. The molecule has 2 aromatic carbocycles. The van der Waals surface area contributed by atoms with Gasteiger partial charge in [-0.05, 0) is 42.8 Å². The van der Waals surface area contributed by atoms with Gasteiger partial charge in [-0.3, -0.25) is 4.72 Å². The third-order valence-corrected chi connectivity index (χ3v) is 5.85. The predicted molar refractivity (Wildman–Crippen MR) is 84.8 cm³/mol. The van der Waals surface area contributed by atoms with Gasteiger partial charge < -0.3 is 0 Å². The number of hydrogen-bond acceptors (Lipinski definition) is 4. The van der Waals surface area contributed by atoms with Crippen molar-refractivity contribution in [2.45, 2.75) is 16.7 Å². The van der Waals surface area contributed by atoms with Crippen LogP contribution in [-0.4, -0.2) is 16.8 Å². The van der Waals surface area contributed by atoms with Crippen molar-refractivity contribution in [3.8, 4) is 0 Å². The van der Waals surface area contributed by atoms with Crippen LogP contribution >= 0.6 is 11.6 Å². The van der Waals surface area contributed by atoms with Crippen LogP contribution in [0, 0.1) is 12.7 Å². The maximum Gasteiger partial charge on any atom is 0.262 e. The molecule has 2 aromatic rings. The fourth-order valence-corrected chi connectivity index (χ4v) is 3.93. The Morgan fingerprint density at radius 1 is 1.13 bits per heavy atom. The first-order chi connectivity index (χ1) is 10.5.